The van der Waals surface area contributed by atoms with Gasteiger partial charge in [0.05, 0.1) is 22.1 Å². The van der Waals surface area contributed by atoms with Crippen LogP contribution in [0.25, 0.3) is 88.4 Å². The average Bonchev–Trinajstić information content (AvgIpc) is 3.72. The van der Waals surface area contributed by atoms with Gasteiger partial charge >= 0.3 is 0 Å². The number of fused-ring (bicyclic) bond motifs is 7. The molecule has 2 nitrogen and oxygen atoms in total. The largest absolute Gasteiger partial charge is 0.307 e. The Kier molecular flexibility index (Phi) is 6.53. The van der Waals surface area contributed by atoms with Crippen molar-refractivity contribution in [3.63, 3.8) is 0 Å². The Balaban J connectivity index is 1.22. The second-order valence-corrected chi connectivity index (χ2v) is 12.9. The summed E-state index contributed by atoms with van der Waals surface area (Å²) in [4.78, 5) is 0. The van der Waals surface area contributed by atoms with Gasteiger partial charge in [-0.25, -0.2) is 0 Å². The van der Waals surface area contributed by atoms with Crippen molar-refractivity contribution in [1.29, 1.82) is 0 Å². The maximum absolute atomic E-state index is 2.47. The van der Waals surface area contributed by atoms with E-state index in [2.05, 4.69) is 203 Å². The highest BCUT2D eigenvalue weighted by molar-refractivity contribution is 6.23. The first-order chi connectivity index (χ1) is 24.8. The molecule has 0 saturated carbocycles. The minimum absolute atomic E-state index is 1.14. The van der Waals surface area contributed by atoms with Crippen molar-refractivity contribution in [3.05, 3.63) is 194 Å². The molecule has 10 aromatic rings. The summed E-state index contributed by atoms with van der Waals surface area (Å²) in [5.41, 5.74) is 14.4. The molecular formula is C48H32N2. The fourth-order valence-electron chi connectivity index (χ4n) is 7.86. The van der Waals surface area contributed by atoms with Crippen molar-refractivity contribution >= 4 is 43.6 Å². The molecule has 0 N–H and O–H groups in total. The average molecular weight is 637 g/mol. The molecule has 0 aliphatic heterocycles. The zero-order valence-electron chi connectivity index (χ0n) is 27.4. The number of hydrogen-bond donors (Lipinski definition) is 0. The lowest BCUT2D eigenvalue weighted by Crippen LogP contribution is -1.99. The summed E-state index contributed by atoms with van der Waals surface area (Å²) in [7, 11) is 0. The van der Waals surface area contributed by atoms with Gasteiger partial charge in [-0.3, -0.25) is 0 Å². The van der Waals surface area contributed by atoms with Crippen LogP contribution in [0, 0.1) is 0 Å². The van der Waals surface area contributed by atoms with E-state index in [1.54, 1.807) is 0 Å². The molecule has 2 aromatic heterocycles. The fraction of sp³-hybridized carbons (Fsp3) is 0. The van der Waals surface area contributed by atoms with Gasteiger partial charge in [-0.15, -0.1) is 0 Å². The van der Waals surface area contributed by atoms with E-state index in [0.29, 0.717) is 0 Å². The van der Waals surface area contributed by atoms with Gasteiger partial charge in [0, 0.05) is 32.9 Å². The summed E-state index contributed by atoms with van der Waals surface area (Å²) in [6.45, 7) is 0. The topological polar surface area (TPSA) is 9.86 Å². The van der Waals surface area contributed by atoms with Crippen LogP contribution in [0.4, 0.5) is 0 Å². The van der Waals surface area contributed by atoms with Gasteiger partial charge in [0.2, 0.25) is 0 Å². The third-order valence-electron chi connectivity index (χ3n) is 10.1. The monoisotopic (exact) mass is 636 g/mol. The van der Waals surface area contributed by atoms with Crippen LogP contribution in [0.2, 0.25) is 0 Å². The smallest absolute Gasteiger partial charge is 0.0788 e. The number of rotatable bonds is 5. The second-order valence-electron chi connectivity index (χ2n) is 12.9. The van der Waals surface area contributed by atoms with Gasteiger partial charge in [0.15, 0.2) is 0 Å². The van der Waals surface area contributed by atoms with Crippen LogP contribution >= 0.6 is 0 Å². The van der Waals surface area contributed by atoms with E-state index in [-0.39, 0.29) is 0 Å². The molecule has 0 bridgehead atoms. The van der Waals surface area contributed by atoms with Crippen LogP contribution in [-0.4, -0.2) is 9.13 Å². The molecule has 0 amide bonds. The Morgan fingerprint density at radius 2 is 0.600 bits per heavy atom. The van der Waals surface area contributed by atoms with Gasteiger partial charge in [0.25, 0.3) is 0 Å². The molecule has 10 rings (SSSR count). The Morgan fingerprint density at radius 3 is 1.10 bits per heavy atom. The highest BCUT2D eigenvalue weighted by Gasteiger charge is 2.21. The molecular weight excluding hydrogens is 605 g/mol. The minimum Gasteiger partial charge on any atom is -0.307 e. The fourth-order valence-corrected chi connectivity index (χ4v) is 7.86. The second kappa shape index (κ2) is 11.5. The van der Waals surface area contributed by atoms with E-state index in [4.69, 9.17) is 0 Å². The molecule has 8 aromatic carbocycles. The third kappa shape index (κ3) is 4.43. The predicted octanol–water partition coefficient (Wildman–Crippen LogP) is 12.9. The SMILES string of the molecule is c1ccc(-c2ccc(-n3c4ccccc4c4ccc5c6ccccc6n(-c6ccc(-c7ccccc7-c7ccccc7)cc6)c5c43)cc2)cc1. The van der Waals surface area contributed by atoms with E-state index in [9.17, 15) is 0 Å². The van der Waals surface area contributed by atoms with Crippen LogP contribution in [0.5, 0.6) is 0 Å². The molecule has 0 saturated heterocycles. The van der Waals surface area contributed by atoms with Crippen LogP contribution < -0.4 is 0 Å². The predicted molar refractivity (Wildman–Crippen MR) is 211 cm³/mol. The quantitative estimate of drug-likeness (QED) is 0.178. The molecule has 0 spiro atoms. The summed E-state index contributed by atoms with van der Waals surface area (Å²) in [5, 5.41) is 5.00. The maximum Gasteiger partial charge on any atom is 0.0788 e. The minimum atomic E-state index is 1.14. The van der Waals surface area contributed by atoms with Crippen molar-refractivity contribution in [1.82, 2.24) is 9.13 Å². The summed E-state index contributed by atoms with van der Waals surface area (Å²) in [5.74, 6) is 0. The summed E-state index contributed by atoms with van der Waals surface area (Å²) in [6, 6.07) is 70.3. The summed E-state index contributed by atoms with van der Waals surface area (Å²) in [6.07, 6.45) is 0. The molecule has 0 aliphatic rings. The highest BCUT2D eigenvalue weighted by atomic mass is 15.0. The summed E-state index contributed by atoms with van der Waals surface area (Å²) < 4.78 is 4.93. The lowest BCUT2D eigenvalue weighted by atomic mass is 9.94. The maximum atomic E-state index is 2.47. The van der Waals surface area contributed by atoms with E-state index in [1.165, 1.54) is 77.0 Å². The molecule has 0 fully saturated rings. The van der Waals surface area contributed by atoms with Gasteiger partial charge < -0.3 is 9.13 Å². The Labute approximate surface area is 290 Å². The van der Waals surface area contributed by atoms with E-state index in [1.807, 2.05) is 0 Å². The molecule has 0 radical (unpaired) electrons. The van der Waals surface area contributed by atoms with Gasteiger partial charge in [-0.05, 0) is 69.8 Å². The molecule has 50 heavy (non-hydrogen) atoms. The van der Waals surface area contributed by atoms with Crippen LogP contribution in [0.3, 0.4) is 0 Å². The van der Waals surface area contributed by atoms with Crippen molar-refractivity contribution in [2.45, 2.75) is 0 Å². The standard InChI is InChI=1S/C48H32N2/c1-3-13-33(14-4-1)34-23-27-37(28-24-34)49-45-21-11-9-19-41(45)43-31-32-44-42-20-10-12-22-46(42)50(48(44)47(43)49)38-29-25-36(26-30-38)40-18-8-7-17-39(40)35-15-5-2-6-16-35/h1-32H. The normalized spacial score (nSPS) is 11.6. The number of para-hydroxylation sites is 2. The first-order valence-electron chi connectivity index (χ1n) is 17.2. The number of hydrogen-bond acceptors (Lipinski definition) is 0. The van der Waals surface area contributed by atoms with Crippen molar-refractivity contribution < 1.29 is 0 Å². The highest BCUT2D eigenvalue weighted by Crippen LogP contribution is 2.42. The number of benzene rings is 8. The van der Waals surface area contributed by atoms with E-state index in [0.717, 1.165) is 11.4 Å². The zero-order valence-corrected chi connectivity index (χ0v) is 27.4. The van der Waals surface area contributed by atoms with Crippen LogP contribution in [0.15, 0.2) is 194 Å². The summed E-state index contributed by atoms with van der Waals surface area (Å²) >= 11 is 0. The van der Waals surface area contributed by atoms with E-state index >= 15 is 0 Å². The lowest BCUT2D eigenvalue weighted by Gasteiger charge is -2.14. The van der Waals surface area contributed by atoms with Gasteiger partial charge in [-0.1, -0.05) is 158 Å². The zero-order chi connectivity index (χ0) is 33.0. The first-order valence-corrected chi connectivity index (χ1v) is 17.2. The van der Waals surface area contributed by atoms with Gasteiger partial charge in [0.1, 0.15) is 0 Å². The van der Waals surface area contributed by atoms with E-state index < -0.39 is 0 Å². The molecule has 0 aliphatic carbocycles. The number of nitrogens with zero attached hydrogens (tertiary/aromatic N) is 2. The van der Waals surface area contributed by atoms with Gasteiger partial charge in [-0.2, -0.15) is 0 Å². The first kappa shape index (κ1) is 28.4. The molecule has 2 heteroatoms. The molecule has 234 valence electrons. The lowest BCUT2D eigenvalue weighted by molar-refractivity contribution is 1.15. The van der Waals surface area contributed by atoms with Crippen LogP contribution in [0.1, 0.15) is 0 Å². The Bertz CT molecular complexity index is 2820. The Morgan fingerprint density at radius 1 is 0.240 bits per heavy atom. The molecule has 0 atom stereocenters. The van der Waals surface area contributed by atoms with Crippen molar-refractivity contribution in [2.24, 2.45) is 0 Å². The van der Waals surface area contributed by atoms with Crippen molar-refractivity contribution in [3.8, 4) is 44.8 Å². The molecule has 0 unspecified atom stereocenters. The Hall–Kier alpha value is -6.64. The third-order valence-corrected chi connectivity index (χ3v) is 10.1. The van der Waals surface area contributed by atoms with Crippen molar-refractivity contribution in [2.75, 3.05) is 0 Å². The van der Waals surface area contributed by atoms with Crippen LogP contribution in [-0.2, 0) is 0 Å². The number of aromatic nitrogens is 2. The molecule has 2 heterocycles.